The first-order valence-corrected chi connectivity index (χ1v) is 5.03. The number of benzene rings is 1. The van der Waals surface area contributed by atoms with Crippen molar-refractivity contribution >= 4 is 17.7 Å². The Bertz CT molecular complexity index is 482. The fourth-order valence-electron chi connectivity index (χ4n) is 1.20. The lowest BCUT2D eigenvalue weighted by Gasteiger charge is -2.05. The van der Waals surface area contributed by atoms with Gasteiger partial charge in [-0.3, -0.25) is 0 Å². The summed E-state index contributed by atoms with van der Waals surface area (Å²) in [5.74, 6) is 0. The van der Waals surface area contributed by atoms with Crippen molar-refractivity contribution in [2.45, 2.75) is 6.61 Å². The fraction of sp³-hybridized carbons (Fsp3) is 0.0909. The summed E-state index contributed by atoms with van der Waals surface area (Å²) in [6.45, 7) is 0.149. The van der Waals surface area contributed by atoms with Gasteiger partial charge in [-0.05, 0) is 6.07 Å². The summed E-state index contributed by atoms with van der Waals surface area (Å²) in [6.07, 6.45) is 3.94. The summed E-state index contributed by atoms with van der Waals surface area (Å²) in [5, 5.41) is 0.584. The normalized spacial score (nSPS) is 10.1. The fourth-order valence-corrected chi connectivity index (χ4v) is 1.39. The van der Waals surface area contributed by atoms with E-state index in [0.29, 0.717) is 5.02 Å². The molecule has 1 aromatic carbocycles. The van der Waals surface area contributed by atoms with Gasteiger partial charge < -0.3 is 4.74 Å². The predicted molar refractivity (Wildman–Crippen MR) is 59.3 cm³/mol. The quantitative estimate of drug-likeness (QED) is 0.805. The highest BCUT2D eigenvalue weighted by Crippen LogP contribution is 2.15. The Kier molecular flexibility index (Phi) is 3.22. The first-order chi connectivity index (χ1) is 7.77. The lowest BCUT2D eigenvalue weighted by Crippen LogP contribution is -2.11. The van der Waals surface area contributed by atoms with Crippen LogP contribution in [-0.2, 0) is 11.3 Å². The van der Waals surface area contributed by atoms with E-state index in [-0.39, 0.29) is 6.61 Å². The number of halogens is 1. The highest BCUT2D eigenvalue weighted by Gasteiger charge is 2.06. The maximum Gasteiger partial charge on any atom is 0.419 e. The van der Waals surface area contributed by atoms with Crippen LogP contribution in [0.1, 0.15) is 5.56 Å². The van der Waals surface area contributed by atoms with E-state index in [1.54, 1.807) is 6.07 Å². The zero-order valence-electron chi connectivity index (χ0n) is 8.34. The lowest BCUT2D eigenvalue weighted by molar-refractivity contribution is 0.141. The van der Waals surface area contributed by atoms with Gasteiger partial charge in [-0.15, -0.1) is 0 Å². The maximum absolute atomic E-state index is 11.4. The average Bonchev–Trinajstić information content (AvgIpc) is 2.81. The van der Waals surface area contributed by atoms with Gasteiger partial charge in [-0.1, -0.05) is 29.8 Å². The molecule has 0 aliphatic rings. The molecule has 0 saturated carbocycles. The maximum atomic E-state index is 11.4. The third-order valence-electron chi connectivity index (χ3n) is 2.02. The first kappa shape index (κ1) is 10.7. The largest absolute Gasteiger partial charge is 0.444 e. The average molecular weight is 237 g/mol. The molecule has 1 aromatic heterocycles. The van der Waals surface area contributed by atoms with Crippen LogP contribution < -0.4 is 0 Å². The summed E-state index contributed by atoms with van der Waals surface area (Å²) in [5.41, 5.74) is 0.776. The molecule has 0 atom stereocenters. The Morgan fingerprint density at radius 2 is 2.25 bits per heavy atom. The van der Waals surface area contributed by atoms with Gasteiger partial charge in [0.25, 0.3) is 0 Å². The molecule has 5 heteroatoms. The van der Waals surface area contributed by atoms with Gasteiger partial charge in [0.2, 0.25) is 0 Å². The van der Waals surface area contributed by atoms with E-state index in [1.807, 2.05) is 18.2 Å². The second kappa shape index (κ2) is 4.81. The lowest BCUT2D eigenvalue weighted by atomic mass is 10.2. The van der Waals surface area contributed by atoms with Crippen molar-refractivity contribution in [3.8, 4) is 0 Å². The molecule has 0 aliphatic carbocycles. The van der Waals surface area contributed by atoms with Gasteiger partial charge in [0.1, 0.15) is 12.9 Å². The van der Waals surface area contributed by atoms with Crippen LogP contribution in [0.2, 0.25) is 5.02 Å². The SMILES string of the molecule is O=C(OCc1ccccc1Cl)n1ccnc1. The molecule has 2 rings (SSSR count). The molecule has 0 radical (unpaired) electrons. The highest BCUT2D eigenvalue weighted by molar-refractivity contribution is 6.31. The third kappa shape index (κ3) is 2.41. The van der Waals surface area contributed by atoms with Crippen LogP contribution in [0.25, 0.3) is 0 Å². The molecule has 0 saturated heterocycles. The van der Waals surface area contributed by atoms with E-state index >= 15 is 0 Å². The summed E-state index contributed by atoms with van der Waals surface area (Å²) in [7, 11) is 0. The van der Waals surface area contributed by atoms with Crippen molar-refractivity contribution < 1.29 is 9.53 Å². The zero-order chi connectivity index (χ0) is 11.4. The standard InChI is InChI=1S/C11H9ClN2O2/c12-10-4-2-1-3-9(10)7-16-11(15)14-6-5-13-8-14/h1-6,8H,7H2. The van der Waals surface area contributed by atoms with Gasteiger partial charge in [0.05, 0.1) is 0 Å². The van der Waals surface area contributed by atoms with Crippen LogP contribution in [-0.4, -0.2) is 15.6 Å². The molecule has 0 spiro atoms. The Balaban J connectivity index is 1.98. The van der Waals surface area contributed by atoms with E-state index in [2.05, 4.69) is 4.98 Å². The van der Waals surface area contributed by atoms with Crippen molar-refractivity contribution in [2.75, 3.05) is 0 Å². The molecule has 82 valence electrons. The minimum Gasteiger partial charge on any atom is -0.444 e. The molecule has 16 heavy (non-hydrogen) atoms. The van der Waals surface area contributed by atoms with Gasteiger partial charge in [-0.25, -0.2) is 14.3 Å². The topological polar surface area (TPSA) is 44.1 Å². The van der Waals surface area contributed by atoms with Crippen LogP contribution in [0, 0.1) is 0 Å². The van der Waals surface area contributed by atoms with Gasteiger partial charge in [0.15, 0.2) is 0 Å². The van der Waals surface area contributed by atoms with E-state index in [4.69, 9.17) is 16.3 Å². The first-order valence-electron chi connectivity index (χ1n) is 4.66. The molecule has 0 amide bonds. The number of hydrogen-bond donors (Lipinski definition) is 0. The summed E-state index contributed by atoms with van der Waals surface area (Å²) in [4.78, 5) is 15.2. The van der Waals surface area contributed by atoms with Gasteiger partial charge in [-0.2, -0.15) is 0 Å². The number of hydrogen-bond acceptors (Lipinski definition) is 3. The molecular formula is C11H9ClN2O2. The molecule has 0 N–H and O–H groups in total. The number of carbonyl (C=O) groups excluding carboxylic acids is 1. The van der Waals surface area contributed by atoms with Crippen LogP contribution in [0.3, 0.4) is 0 Å². The van der Waals surface area contributed by atoms with Crippen LogP contribution in [0.4, 0.5) is 4.79 Å². The van der Waals surface area contributed by atoms with Crippen LogP contribution in [0.5, 0.6) is 0 Å². The Morgan fingerprint density at radius 1 is 1.44 bits per heavy atom. The molecule has 0 aliphatic heterocycles. The monoisotopic (exact) mass is 236 g/mol. The Morgan fingerprint density at radius 3 is 2.94 bits per heavy atom. The Labute approximate surface area is 97.4 Å². The summed E-state index contributed by atoms with van der Waals surface area (Å²) < 4.78 is 6.31. The van der Waals surface area contributed by atoms with Crippen molar-refractivity contribution in [1.82, 2.24) is 9.55 Å². The smallest absolute Gasteiger partial charge is 0.419 e. The highest BCUT2D eigenvalue weighted by atomic mass is 35.5. The minimum atomic E-state index is -0.475. The second-order valence-electron chi connectivity index (χ2n) is 3.12. The summed E-state index contributed by atoms with van der Waals surface area (Å²) in [6, 6.07) is 7.22. The zero-order valence-corrected chi connectivity index (χ0v) is 9.09. The molecule has 0 bridgehead atoms. The summed E-state index contributed by atoms with van der Waals surface area (Å²) >= 11 is 5.92. The van der Waals surface area contributed by atoms with E-state index < -0.39 is 6.09 Å². The van der Waals surface area contributed by atoms with Gasteiger partial charge in [0, 0.05) is 23.0 Å². The molecule has 2 aromatic rings. The Hall–Kier alpha value is -1.81. The van der Waals surface area contributed by atoms with Crippen LogP contribution in [0.15, 0.2) is 43.0 Å². The van der Waals surface area contributed by atoms with Crippen molar-refractivity contribution in [3.05, 3.63) is 53.6 Å². The van der Waals surface area contributed by atoms with E-state index in [1.165, 1.54) is 23.3 Å². The third-order valence-corrected chi connectivity index (χ3v) is 2.39. The number of ether oxygens (including phenoxy) is 1. The van der Waals surface area contributed by atoms with Crippen LogP contribution >= 0.6 is 11.6 Å². The number of aromatic nitrogens is 2. The number of rotatable bonds is 2. The van der Waals surface area contributed by atoms with E-state index in [0.717, 1.165) is 5.56 Å². The minimum absolute atomic E-state index is 0.149. The molecule has 1 heterocycles. The van der Waals surface area contributed by atoms with Crippen molar-refractivity contribution in [2.24, 2.45) is 0 Å². The molecule has 4 nitrogen and oxygen atoms in total. The number of nitrogens with zero attached hydrogens (tertiary/aromatic N) is 2. The molecule has 0 unspecified atom stereocenters. The predicted octanol–water partition coefficient (Wildman–Crippen LogP) is 2.72. The van der Waals surface area contributed by atoms with E-state index in [9.17, 15) is 4.79 Å². The van der Waals surface area contributed by atoms with Crippen molar-refractivity contribution in [1.29, 1.82) is 0 Å². The second-order valence-corrected chi connectivity index (χ2v) is 3.52. The van der Waals surface area contributed by atoms with Crippen molar-refractivity contribution in [3.63, 3.8) is 0 Å². The number of imidazole rings is 1. The molecular weight excluding hydrogens is 228 g/mol. The van der Waals surface area contributed by atoms with Gasteiger partial charge >= 0.3 is 6.09 Å². The number of carbonyl (C=O) groups is 1. The molecule has 0 fully saturated rings.